The third-order valence-corrected chi connectivity index (χ3v) is 6.97. The summed E-state index contributed by atoms with van der Waals surface area (Å²) in [6.07, 6.45) is 13.1. The lowest BCUT2D eigenvalue weighted by molar-refractivity contribution is 0.622. The zero-order chi connectivity index (χ0) is 25.9. The normalized spacial score (nSPS) is 12.4. The van der Waals surface area contributed by atoms with Crippen LogP contribution in [0.3, 0.4) is 0 Å². The van der Waals surface area contributed by atoms with Crippen molar-refractivity contribution >= 4 is 12.2 Å². The van der Waals surface area contributed by atoms with Crippen LogP contribution in [0.25, 0.3) is 12.2 Å². The second-order valence-electron chi connectivity index (χ2n) is 9.87. The van der Waals surface area contributed by atoms with Gasteiger partial charge in [-0.25, -0.2) is 4.39 Å². The van der Waals surface area contributed by atoms with E-state index in [0.717, 1.165) is 43.2 Å². The molecule has 188 valence electrons. The van der Waals surface area contributed by atoms with Crippen LogP contribution in [0.5, 0.6) is 0 Å². The Balaban J connectivity index is 1.29. The summed E-state index contributed by atoms with van der Waals surface area (Å²) in [5.74, 6) is 0.309. The van der Waals surface area contributed by atoms with Crippen molar-refractivity contribution in [2.45, 2.75) is 51.9 Å². The molecule has 0 spiro atoms. The maximum absolute atomic E-state index is 14.8. The largest absolute Gasteiger partial charge is 0.206 e. The van der Waals surface area contributed by atoms with Gasteiger partial charge in [0, 0.05) is 5.56 Å². The smallest absolute Gasteiger partial charge is 0.130 e. The van der Waals surface area contributed by atoms with E-state index in [4.69, 9.17) is 0 Å². The van der Waals surface area contributed by atoms with E-state index in [0.29, 0.717) is 11.5 Å². The average molecular weight is 489 g/mol. The molecular weight excluding hydrogens is 451 g/mol. The molecule has 1 unspecified atom stereocenters. The molecule has 0 radical (unpaired) electrons. The zero-order valence-corrected chi connectivity index (χ0v) is 22.0. The van der Waals surface area contributed by atoms with Crippen molar-refractivity contribution in [3.63, 3.8) is 0 Å². The molecule has 4 aromatic rings. The highest BCUT2D eigenvalue weighted by Crippen LogP contribution is 2.21. The molecule has 0 bridgehead atoms. The number of hydrogen-bond donors (Lipinski definition) is 0. The molecule has 0 aliphatic carbocycles. The molecule has 1 heteroatoms. The van der Waals surface area contributed by atoms with E-state index in [1.54, 1.807) is 6.07 Å². The molecule has 0 N–H and O–H groups in total. The first-order valence-electron chi connectivity index (χ1n) is 13.4. The molecule has 0 aliphatic heterocycles. The summed E-state index contributed by atoms with van der Waals surface area (Å²) in [6, 6.07) is 33.6. The fourth-order valence-corrected chi connectivity index (χ4v) is 4.64. The number of rotatable bonds is 11. The van der Waals surface area contributed by atoms with Crippen LogP contribution in [0, 0.1) is 5.82 Å². The standard InChI is InChI=1S/C36H37F/c1-3-4-6-9-29-12-14-30(15-13-29)18-21-33-23-25-35(36(37)27-33)24-22-31-16-19-32(20-17-31)26-28(2)34-10-7-5-8-11-34/h3-5,7-8,10-17,19-20,22-25,27-28H,6,9,18,21,26H2,1-2H3/b4-3+,24-22+. The second-order valence-corrected chi connectivity index (χ2v) is 9.87. The van der Waals surface area contributed by atoms with Crippen LogP contribution in [0.4, 0.5) is 4.39 Å². The van der Waals surface area contributed by atoms with Crippen LogP contribution in [0.1, 0.15) is 65.1 Å². The van der Waals surface area contributed by atoms with Gasteiger partial charge in [0.15, 0.2) is 0 Å². The highest BCUT2D eigenvalue weighted by molar-refractivity contribution is 5.70. The van der Waals surface area contributed by atoms with E-state index in [1.807, 2.05) is 24.3 Å². The van der Waals surface area contributed by atoms with Gasteiger partial charge in [0.2, 0.25) is 0 Å². The topological polar surface area (TPSA) is 0 Å². The Bertz CT molecular complexity index is 1300. The van der Waals surface area contributed by atoms with Crippen molar-refractivity contribution in [2.75, 3.05) is 0 Å². The Morgan fingerprint density at radius 3 is 1.97 bits per heavy atom. The first-order valence-corrected chi connectivity index (χ1v) is 13.4. The van der Waals surface area contributed by atoms with Crippen molar-refractivity contribution < 1.29 is 4.39 Å². The van der Waals surface area contributed by atoms with Crippen LogP contribution in [0.2, 0.25) is 0 Å². The van der Waals surface area contributed by atoms with Crippen LogP contribution < -0.4 is 0 Å². The Morgan fingerprint density at radius 1 is 0.676 bits per heavy atom. The fourth-order valence-electron chi connectivity index (χ4n) is 4.64. The molecule has 0 aliphatic rings. The van der Waals surface area contributed by atoms with Gasteiger partial charge < -0.3 is 0 Å². The molecule has 4 rings (SSSR count). The molecule has 0 fully saturated rings. The monoisotopic (exact) mass is 488 g/mol. The summed E-state index contributed by atoms with van der Waals surface area (Å²) in [7, 11) is 0. The maximum atomic E-state index is 14.8. The lowest BCUT2D eigenvalue weighted by Gasteiger charge is -2.12. The molecular formula is C36H37F. The quantitative estimate of drug-likeness (QED) is 0.146. The van der Waals surface area contributed by atoms with Gasteiger partial charge in [-0.15, -0.1) is 0 Å². The summed E-state index contributed by atoms with van der Waals surface area (Å²) in [5, 5.41) is 0. The van der Waals surface area contributed by atoms with Gasteiger partial charge in [0.25, 0.3) is 0 Å². The van der Waals surface area contributed by atoms with Crippen LogP contribution in [-0.4, -0.2) is 0 Å². The molecule has 0 amide bonds. The molecule has 0 heterocycles. The first kappa shape index (κ1) is 26.4. The van der Waals surface area contributed by atoms with Crippen molar-refractivity contribution in [2.24, 2.45) is 0 Å². The molecule has 1 atom stereocenters. The molecule has 37 heavy (non-hydrogen) atoms. The number of hydrogen-bond acceptors (Lipinski definition) is 0. The second kappa shape index (κ2) is 13.6. The van der Waals surface area contributed by atoms with Crippen molar-refractivity contribution in [1.82, 2.24) is 0 Å². The van der Waals surface area contributed by atoms with Gasteiger partial charge in [0.05, 0.1) is 0 Å². The lowest BCUT2D eigenvalue weighted by atomic mass is 9.93. The van der Waals surface area contributed by atoms with E-state index < -0.39 is 0 Å². The van der Waals surface area contributed by atoms with Crippen LogP contribution >= 0.6 is 0 Å². The van der Waals surface area contributed by atoms with Crippen molar-refractivity contribution in [3.8, 4) is 0 Å². The Hall–Kier alpha value is -3.71. The third-order valence-electron chi connectivity index (χ3n) is 6.97. The minimum absolute atomic E-state index is 0.165. The summed E-state index contributed by atoms with van der Waals surface area (Å²) < 4.78 is 14.8. The summed E-state index contributed by atoms with van der Waals surface area (Å²) in [6.45, 7) is 4.32. The Morgan fingerprint density at radius 2 is 1.30 bits per heavy atom. The number of aryl methyl sites for hydroxylation is 3. The van der Waals surface area contributed by atoms with Crippen molar-refractivity contribution in [3.05, 3.63) is 154 Å². The van der Waals surface area contributed by atoms with Gasteiger partial charge in [-0.1, -0.05) is 122 Å². The fraction of sp³-hybridized carbons (Fsp3) is 0.222. The molecule has 0 aromatic heterocycles. The van der Waals surface area contributed by atoms with E-state index in [9.17, 15) is 4.39 Å². The van der Waals surface area contributed by atoms with Gasteiger partial charge in [-0.3, -0.25) is 0 Å². The predicted octanol–water partition coefficient (Wildman–Crippen LogP) is 9.64. The maximum Gasteiger partial charge on any atom is 0.130 e. The highest BCUT2D eigenvalue weighted by atomic mass is 19.1. The predicted molar refractivity (Wildman–Crippen MR) is 157 cm³/mol. The number of benzene rings is 4. The van der Waals surface area contributed by atoms with Crippen LogP contribution in [0.15, 0.2) is 109 Å². The van der Waals surface area contributed by atoms with Gasteiger partial charge in [-0.2, -0.15) is 0 Å². The summed E-state index contributed by atoms with van der Waals surface area (Å²) >= 11 is 0. The lowest BCUT2D eigenvalue weighted by Crippen LogP contribution is -1.98. The van der Waals surface area contributed by atoms with Gasteiger partial charge in [0.1, 0.15) is 5.82 Å². The molecule has 0 saturated carbocycles. The SMILES string of the molecule is C/C=C/CCc1ccc(CCc2ccc(/C=C/c3ccc(CC(C)c4ccccc4)cc3)c(F)c2)cc1. The molecule has 0 saturated heterocycles. The zero-order valence-electron chi connectivity index (χ0n) is 22.0. The Kier molecular flexibility index (Phi) is 9.66. The summed E-state index contributed by atoms with van der Waals surface area (Å²) in [4.78, 5) is 0. The Labute approximate surface area is 222 Å². The van der Waals surface area contributed by atoms with Gasteiger partial charge >= 0.3 is 0 Å². The average Bonchev–Trinajstić information content (AvgIpc) is 2.93. The van der Waals surface area contributed by atoms with E-state index in [2.05, 4.69) is 105 Å². The minimum atomic E-state index is -0.165. The summed E-state index contributed by atoms with van der Waals surface area (Å²) in [5.41, 5.74) is 8.06. The van der Waals surface area contributed by atoms with E-state index in [-0.39, 0.29) is 5.82 Å². The minimum Gasteiger partial charge on any atom is -0.206 e. The van der Waals surface area contributed by atoms with Crippen molar-refractivity contribution in [1.29, 1.82) is 0 Å². The third kappa shape index (κ3) is 8.15. The number of halogens is 1. The van der Waals surface area contributed by atoms with Gasteiger partial charge in [-0.05, 0) is 84.4 Å². The van der Waals surface area contributed by atoms with E-state index >= 15 is 0 Å². The van der Waals surface area contributed by atoms with E-state index in [1.165, 1.54) is 22.3 Å². The van der Waals surface area contributed by atoms with Crippen LogP contribution in [-0.2, 0) is 25.7 Å². The number of allylic oxidation sites excluding steroid dienone is 2. The molecule has 0 nitrogen and oxygen atoms in total. The first-order chi connectivity index (χ1) is 18.1. The highest BCUT2D eigenvalue weighted by Gasteiger charge is 2.06. The molecule has 4 aromatic carbocycles.